The molecule has 2 aromatic heterocycles. The number of furan rings is 1. The van der Waals surface area contributed by atoms with Gasteiger partial charge < -0.3 is 9.32 Å². The fourth-order valence-electron chi connectivity index (χ4n) is 1.66. The van der Waals surface area contributed by atoms with Crippen molar-refractivity contribution >= 4 is 23.1 Å². The number of hydrogen-bond acceptors (Lipinski definition) is 5. The highest BCUT2D eigenvalue weighted by Gasteiger charge is 2.22. The van der Waals surface area contributed by atoms with Gasteiger partial charge >= 0.3 is 5.88 Å². The van der Waals surface area contributed by atoms with Crippen LogP contribution in [-0.2, 0) is 6.54 Å². The van der Waals surface area contributed by atoms with Crippen LogP contribution in [0.15, 0.2) is 46.7 Å². The molecule has 0 radical (unpaired) electrons. The maximum atomic E-state index is 12.3. The third-order valence-corrected chi connectivity index (χ3v) is 3.41. The molecule has 0 saturated carbocycles. The minimum atomic E-state index is -0.673. The Morgan fingerprint density at radius 1 is 1.50 bits per heavy atom. The van der Waals surface area contributed by atoms with Crippen LogP contribution in [0.1, 0.15) is 15.4 Å². The minimum Gasteiger partial charge on any atom is -0.395 e. The molecule has 0 saturated heterocycles. The standard InChI is InChI=1S/C13H12N2O4S/c1-2-7-14(9-10-4-3-8-20-10)13(16)11-5-6-12(19-11)15(17)18/h2-6,8H,1,7,9H2. The first-order valence-corrected chi connectivity index (χ1v) is 6.66. The highest BCUT2D eigenvalue weighted by molar-refractivity contribution is 7.09. The van der Waals surface area contributed by atoms with E-state index in [0.717, 1.165) is 4.88 Å². The summed E-state index contributed by atoms with van der Waals surface area (Å²) in [5.74, 6) is -0.885. The van der Waals surface area contributed by atoms with E-state index >= 15 is 0 Å². The summed E-state index contributed by atoms with van der Waals surface area (Å²) < 4.78 is 4.93. The Bertz CT molecular complexity index is 618. The maximum Gasteiger partial charge on any atom is 0.433 e. The zero-order valence-corrected chi connectivity index (χ0v) is 11.3. The third-order valence-electron chi connectivity index (χ3n) is 2.55. The van der Waals surface area contributed by atoms with Crippen molar-refractivity contribution in [1.29, 1.82) is 0 Å². The number of rotatable bonds is 6. The van der Waals surface area contributed by atoms with Crippen LogP contribution in [0.3, 0.4) is 0 Å². The lowest BCUT2D eigenvalue weighted by molar-refractivity contribution is -0.402. The van der Waals surface area contributed by atoms with Gasteiger partial charge in [0.15, 0.2) is 5.76 Å². The Balaban J connectivity index is 2.17. The number of amides is 1. The van der Waals surface area contributed by atoms with E-state index in [4.69, 9.17) is 4.42 Å². The van der Waals surface area contributed by atoms with Gasteiger partial charge in [-0.3, -0.25) is 14.9 Å². The van der Waals surface area contributed by atoms with Gasteiger partial charge in [-0.25, -0.2) is 0 Å². The van der Waals surface area contributed by atoms with Crippen molar-refractivity contribution in [2.75, 3.05) is 6.54 Å². The summed E-state index contributed by atoms with van der Waals surface area (Å²) in [6.07, 6.45) is 1.60. The topological polar surface area (TPSA) is 76.6 Å². The summed E-state index contributed by atoms with van der Waals surface area (Å²) in [7, 11) is 0. The fraction of sp³-hybridized carbons (Fsp3) is 0.154. The second kappa shape index (κ2) is 6.16. The number of nitrogens with zero attached hydrogens (tertiary/aromatic N) is 2. The van der Waals surface area contributed by atoms with Crippen LogP contribution in [0, 0.1) is 10.1 Å². The van der Waals surface area contributed by atoms with E-state index in [-0.39, 0.29) is 5.76 Å². The molecule has 0 N–H and O–H groups in total. The van der Waals surface area contributed by atoms with Gasteiger partial charge in [-0.15, -0.1) is 17.9 Å². The molecule has 20 heavy (non-hydrogen) atoms. The predicted molar refractivity (Wildman–Crippen MR) is 74.6 cm³/mol. The lowest BCUT2D eigenvalue weighted by Crippen LogP contribution is -2.30. The van der Waals surface area contributed by atoms with E-state index < -0.39 is 16.7 Å². The second-order valence-electron chi connectivity index (χ2n) is 3.95. The van der Waals surface area contributed by atoms with Gasteiger partial charge in [0, 0.05) is 11.4 Å². The van der Waals surface area contributed by atoms with Crippen molar-refractivity contribution in [3.05, 3.63) is 63.1 Å². The van der Waals surface area contributed by atoms with E-state index in [0.29, 0.717) is 13.1 Å². The molecule has 1 amide bonds. The molecule has 0 fully saturated rings. The van der Waals surface area contributed by atoms with Crippen molar-refractivity contribution in [3.63, 3.8) is 0 Å². The minimum absolute atomic E-state index is 0.0462. The van der Waals surface area contributed by atoms with Crippen LogP contribution in [-0.4, -0.2) is 22.3 Å². The predicted octanol–water partition coefficient (Wildman–Crippen LogP) is 3.08. The first kappa shape index (κ1) is 14.0. The van der Waals surface area contributed by atoms with Crippen LogP contribution in [0.4, 0.5) is 5.88 Å². The zero-order chi connectivity index (χ0) is 14.5. The molecule has 0 spiro atoms. The molecule has 0 aliphatic heterocycles. The highest BCUT2D eigenvalue weighted by atomic mass is 32.1. The summed E-state index contributed by atoms with van der Waals surface area (Å²) in [4.78, 5) is 24.7. The van der Waals surface area contributed by atoms with Gasteiger partial charge in [0.25, 0.3) is 5.91 Å². The number of thiophene rings is 1. The van der Waals surface area contributed by atoms with E-state index in [1.54, 1.807) is 6.08 Å². The van der Waals surface area contributed by atoms with Gasteiger partial charge in [-0.2, -0.15) is 0 Å². The summed E-state index contributed by atoms with van der Waals surface area (Å²) >= 11 is 1.53. The van der Waals surface area contributed by atoms with E-state index in [2.05, 4.69) is 6.58 Å². The average molecular weight is 292 g/mol. The second-order valence-corrected chi connectivity index (χ2v) is 4.98. The molecular weight excluding hydrogens is 280 g/mol. The first-order chi connectivity index (χ1) is 9.61. The Kier molecular flexibility index (Phi) is 4.31. The van der Waals surface area contributed by atoms with Gasteiger partial charge in [0.05, 0.1) is 12.6 Å². The van der Waals surface area contributed by atoms with Crippen LogP contribution in [0.5, 0.6) is 0 Å². The molecule has 0 aromatic carbocycles. The smallest absolute Gasteiger partial charge is 0.395 e. The molecule has 104 valence electrons. The van der Waals surface area contributed by atoms with E-state index in [1.165, 1.54) is 28.4 Å². The number of hydrogen-bond donors (Lipinski definition) is 0. The van der Waals surface area contributed by atoms with Crippen molar-refractivity contribution in [3.8, 4) is 0 Å². The van der Waals surface area contributed by atoms with Crippen LogP contribution < -0.4 is 0 Å². The van der Waals surface area contributed by atoms with Gasteiger partial charge in [0.1, 0.15) is 4.92 Å². The number of carbonyl (C=O) groups is 1. The number of carbonyl (C=O) groups excluding carboxylic acids is 1. The average Bonchev–Trinajstić information content (AvgIpc) is 3.08. The quantitative estimate of drug-likeness (QED) is 0.465. The SMILES string of the molecule is C=CCN(Cc1cccs1)C(=O)c1ccc([N+](=O)[O-])o1. The molecule has 0 atom stereocenters. The Morgan fingerprint density at radius 2 is 2.30 bits per heavy atom. The van der Waals surface area contributed by atoms with Crippen molar-refractivity contribution in [2.45, 2.75) is 6.54 Å². The highest BCUT2D eigenvalue weighted by Crippen LogP contribution is 2.19. The Morgan fingerprint density at radius 3 is 2.85 bits per heavy atom. The number of nitro groups is 1. The molecule has 2 heterocycles. The van der Waals surface area contributed by atoms with Crippen LogP contribution in [0.2, 0.25) is 0 Å². The first-order valence-electron chi connectivity index (χ1n) is 5.78. The normalized spacial score (nSPS) is 10.2. The molecule has 0 unspecified atom stereocenters. The maximum absolute atomic E-state index is 12.3. The Hall–Kier alpha value is -2.41. The summed E-state index contributed by atoms with van der Waals surface area (Å²) in [5.41, 5.74) is 0. The fourth-order valence-corrected chi connectivity index (χ4v) is 2.38. The van der Waals surface area contributed by atoms with Crippen molar-refractivity contribution in [2.24, 2.45) is 0 Å². The molecule has 2 rings (SSSR count). The summed E-state index contributed by atoms with van der Waals surface area (Å²) in [6.45, 7) is 4.36. The van der Waals surface area contributed by atoms with Gasteiger partial charge in [0.2, 0.25) is 0 Å². The van der Waals surface area contributed by atoms with Crippen molar-refractivity contribution in [1.82, 2.24) is 4.90 Å². The molecule has 0 aliphatic carbocycles. The zero-order valence-electron chi connectivity index (χ0n) is 10.5. The van der Waals surface area contributed by atoms with Crippen LogP contribution >= 0.6 is 11.3 Å². The van der Waals surface area contributed by atoms with Gasteiger partial charge in [-0.1, -0.05) is 12.1 Å². The molecule has 6 nitrogen and oxygen atoms in total. The lowest BCUT2D eigenvalue weighted by Gasteiger charge is -2.18. The van der Waals surface area contributed by atoms with E-state index in [1.807, 2.05) is 17.5 Å². The van der Waals surface area contributed by atoms with Crippen LogP contribution in [0.25, 0.3) is 0 Å². The third kappa shape index (κ3) is 3.12. The lowest BCUT2D eigenvalue weighted by atomic mass is 10.3. The largest absolute Gasteiger partial charge is 0.433 e. The summed E-state index contributed by atoms with van der Waals surface area (Å²) in [6, 6.07) is 6.29. The monoisotopic (exact) mass is 292 g/mol. The van der Waals surface area contributed by atoms with Gasteiger partial charge in [-0.05, 0) is 17.5 Å². The molecule has 0 bridgehead atoms. The molecular formula is C13H12N2O4S. The van der Waals surface area contributed by atoms with Crippen molar-refractivity contribution < 1.29 is 14.1 Å². The van der Waals surface area contributed by atoms with E-state index in [9.17, 15) is 14.9 Å². The molecule has 7 heteroatoms. The summed E-state index contributed by atoms with van der Waals surface area (Å²) in [5, 5.41) is 12.5. The molecule has 2 aromatic rings. The Labute approximate surface area is 119 Å². The molecule has 0 aliphatic rings.